The fourth-order valence-electron chi connectivity index (χ4n) is 2.90. The van der Waals surface area contributed by atoms with Gasteiger partial charge < -0.3 is 25.8 Å². The largest absolute Gasteiger partial charge is 0.496 e. The number of nitrogens with two attached hydrogens (primary N) is 1. The number of likely N-dealkylation sites (N-methyl/N-ethyl adjacent to an activating group) is 1. The number of carbonyl (C=O) groups excluding carboxylic acids is 1. The zero-order chi connectivity index (χ0) is 19.2. The molecule has 0 fully saturated rings. The van der Waals surface area contributed by atoms with Crippen LogP contribution in [-0.2, 0) is 0 Å². The molecule has 140 valence electrons. The van der Waals surface area contributed by atoms with Crippen molar-refractivity contribution in [1.29, 1.82) is 0 Å². The van der Waals surface area contributed by atoms with E-state index in [9.17, 15) is 4.79 Å². The molecule has 0 saturated carbocycles. The highest BCUT2D eigenvalue weighted by Crippen LogP contribution is 2.36. The molecule has 0 aliphatic heterocycles. The lowest BCUT2D eigenvalue weighted by Gasteiger charge is -2.21. The number of hydrogen-bond acceptors (Lipinski definition) is 7. The highest BCUT2D eigenvalue weighted by molar-refractivity contribution is 5.98. The summed E-state index contributed by atoms with van der Waals surface area (Å²) in [5, 5.41) is 7.21. The number of methoxy groups -OCH3 is 1. The van der Waals surface area contributed by atoms with E-state index in [1.165, 1.54) is 6.33 Å². The zero-order valence-electron chi connectivity index (χ0n) is 15.1. The van der Waals surface area contributed by atoms with E-state index < -0.39 is 6.09 Å². The summed E-state index contributed by atoms with van der Waals surface area (Å²) in [7, 11) is 3.44. The van der Waals surface area contributed by atoms with Crippen LogP contribution in [0, 0.1) is 0 Å². The normalized spacial score (nSPS) is 11.8. The summed E-state index contributed by atoms with van der Waals surface area (Å²) in [6.45, 7) is 0.676. The molecule has 3 aromatic rings. The number of carbonyl (C=O) groups is 1. The molecule has 3 rings (SSSR count). The van der Waals surface area contributed by atoms with E-state index in [0.29, 0.717) is 29.0 Å². The Morgan fingerprint density at radius 2 is 1.89 bits per heavy atom. The van der Waals surface area contributed by atoms with E-state index in [1.807, 2.05) is 37.4 Å². The molecule has 1 unspecified atom stereocenters. The third kappa shape index (κ3) is 4.06. The van der Waals surface area contributed by atoms with Crippen molar-refractivity contribution in [2.75, 3.05) is 26.0 Å². The van der Waals surface area contributed by atoms with Gasteiger partial charge in [0.2, 0.25) is 0 Å². The Kier molecular flexibility index (Phi) is 5.68. The highest BCUT2D eigenvalue weighted by atomic mass is 16.5. The molecule has 1 atom stereocenters. The molecule has 1 aromatic heterocycles. The first-order valence-corrected chi connectivity index (χ1v) is 8.39. The van der Waals surface area contributed by atoms with E-state index in [4.69, 9.17) is 15.2 Å². The van der Waals surface area contributed by atoms with Crippen LogP contribution >= 0.6 is 0 Å². The Bertz CT molecular complexity index is 933. The molecular weight excluding hydrogens is 346 g/mol. The van der Waals surface area contributed by atoms with E-state index in [0.717, 1.165) is 5.56 Å². The molecule has 1 heterocycles. The molecule has 0 bridgehead atoms. The minimum atomic E-state index is -0.910. The number of ether oxygens (including phenoxy) is 2. The second-order valence-corrected chi connectivity index (χ2v) is 5.80. The van der Waals surface area contributed by atoms with Crippen molar-refractivity contribution in [2.45, 2.75) is 6.04 Å². The third-order valence-corrected chi connectivity index (χ3v) is 4.06. The van der Waals surface area contributed by atoms with Crippen LogP contribution in [0.5, 0.6) is 11.5 Å². The van der Waals surface area contributed by atoms with Gasteiger partial charge in [-0.25, -0.2) is 14.8 Å². The quantitative estimate of drug-likeness (QED) is 0.588. The SMILES string of the molecule is CNCC(Nc1ncnc2c(OC(N)=O)ccc(OC)c12)c1ccccc1. The summed E-state index contributed by atoms with van der Waals surface area (Å²) in [6.07, 6.45) is 0.492. The maximum absolute atomic E-state index is 11.2. The first-order chi connectivity index (χ1) is 13.1. The van der Waals surface area contributed by atoms with Crippen LogP contribution in [0.4, 0.5) is 10.6 Å². The second-order valence-electron chi connectivity index (χ2n) is 5.80. The highest BCUT2D eigenvalue weighted by Gasteiger charge is 2.18. The molecular formula is C19H21N5O3. The molecule has 0 aliphatic rings. The summed E-state index contributed by atoms with van der Waals surface area (Å²) < 4.78 is 10.5. The molecule has 8 nitrogen and oxygen atoms in total. The Labute approximate surface area is 156 Å². The number of rotatable bonds is 7. The van der Waals surface area contributed by atoms with Crippen LogP contribution in [-0.4, -0.2) is 36.8 Å². The van der Waals surface area contributed by atoms with Gasteiger partial charge in [0.15, 0.2) is 5.75 Å². The zero-order valence-corrected chi connectivity index (χ0v) is 15.1. The summed E-state index contributed by atoms with van der Waals surface area (Å²) in [5.74, 6) is 1.37. The summed E-state index contributed by atoms with van der Waals surface area (Å²) in [5.41, 5.74) is 6.69. The number of benzene rings is 2. The van der Waals surface area contributed by atoms with Crippen molar-refractivity contribution in [3.8, 4) is 11.5 Å². The van der Waals surface area contributed by atoms with Crippen LogP contribution in [0.15, 0.2) is 48.8 Å². The Hall–Kier alpha value is -3.39. The van der Waals surface area contributed by atoms with Gasteiger partial charge in [0.05, 0.1) is 18.5 Å². The first kappa shape index (κ1) is 18.4. The molecule has 8 heteroatoms. The number of primary amides is 1. The summed E-state index contributed by atoms with van der Waals surface area (Å²) >= 11 is 0. The monoisotopic (exact) mass is 367 g/mol. The number of aromatic nitrogens is 2. The molecule has 0 aliphatic carbocycles. The van der Waals surface area contributed by atoms with Gasteiger partial charge in [-0.1, -0.05) is 30.3 Å². The van der Waals surface area contributed by atoms with Crippen molar-refractivity contribution >= 4 is 22.8 Å². The number of fused-ring (bicyclic) bond motifs is 1. The standard InChI is InChI=1S/C19H21N5O3/c1-21-10-13(12-6-4-3-5-7-12)24-18-16-14(26-2)8-9-15(27-19(20)25)17(16)22-11-23-18/h3-9,11,13,21H,10H2,1-2H3,(H2,20,25)(H,22,23,24). The van der Waals surface area contributed by atoms with Crippen molar-refractivity contribution in [2.24, 2.45) is 5.73 Å². The molecule has 2 aromatic carbocycles. The minimum Gasteiger partial charge on any atom is -0.496 e. The number of hydrogen-bond donors (Lipinski definition) is 3. The number of nitrogens with zero attached hydrogens (tertiary/aromatic N) is 2. The van der Waals surface area contributed by atoms with Crippen LogP contribution in [0.1, 0.15) is 11.6 Å². The molecule has 1 amide bonds. The lowest BCUT2D eigenvalue weighted by molar-refractivity contribution is 0.211. The average Bonchev–Trinajstić information content (AvgIpc) is 2.68. The van der Waals surface area contributed by atoms with E-state index in [-0.39, 0.29) is 11.8 Å². The van der Waals surface area contributed by atoms with E-state index in [2.05, 4.69) is 20.6 Å². The van der Waals surface area contributed by atoms with Gasteiger partial charge in [-0.3, -0.25) is 0 Å². The maximum atomic E-state index is 11.2. The predicted molar refractivity (Wildman–Crippen MR) is 103 cm³/mol. The number of anilines is 1. The average molecular weight is 367 g/mol. The minimum absolute atomic E-state index is 0.0419. The molecule has 4 N–H and O–H groups in total. The van der Waals surface area contributed by atoms with Crippen LogP contribution in [0.2, 0.25) is 0 Å². The van der Waals surface area contributed by atoms with Gasteiger partial charge in [0.25, 0.3) is 0 Å². The van der Waals surface area contributed by atoms with Crippen LogP contribution in [0.3, 0.4) is 0 Å². The van der Waals surface area contributed by atoms with Gasteiger partial charge in [-0.05, 0) is 24.7 Å². The smallest absolute Gasteiger partial charge is 0.410 e. The number of nitrogens with one attached hydrogen (secondary N) is 2. The third-order valence-electron chi connectivity index (χ3n) is 4.06. The van der Waals surface area contributed by atoms with Gasteiger partial charge >= 0.3 is 6.09 Å². The van der Waals surface area contributed by atoms with Crippen molar-refractivity contribution < 1.29 is 14.3 Å². The predicted octanol–water partition coefficient (Wildman–Crippen LogP) is 2.47. The van der Waals surface area contributed by atoms with Crippen molar-refractivity contribution in [3.63, 3.8) is 0 Å². The molecule has 0 spiro atoms. The van der Waals surface area contributed by atoms with Crippen molar-refractivity contribution in [1.82, 2.24) is 15.3 Å². The van der Waals surface area contributed by atoms with Gasteiger partial charge in [0, 0.05) is 6.54 Å². The van der Waals surface area contributed by atoms with E-state index >= 15 is 0 Å². The lowest BCUT2D eigenvalue weighted by atomic mass is 10.1. The van der Waals surface area contributed by atoms with Gasteiger partial charge in [-0.15, -0.1) is 0 Å². The topological polar surface area (TPSA) is 111 Å². The van der Waals surface area contributed by atoms with Crippen molar-refractivity contribution in [3.05, 3.63) is 54.4 Å². The Morgan fingerprint density at radius 1 is 1.15 bits per heavy atom. The fraction of sp³-hybridized carbons (Fsp3) is 0.211. The van der Waals surface area contributed by atoms with E-state index in [1.54, 1.807) is 19.2 Å². The first-order valence-electron chi connectivity index (χ1n) is 8.39. The van der Waals surface area contributed by atoms with Gasteiger partial charge in [0.1, 0.15) is 23.4 Å². The fourth-order valence-corrected chi connectivity index (χ4v) is 2.90. The van der Waals surface area contributed by atoms with Crippen LogP contribution < -0.4 is 25.8 Å². The Morgan fingerprint density at radius 3 is 2.56 bits per heavy atom. The lowest BCUT2D eigenvalue weighted by Crippen LogP contribution is -2.24. The van der Waals surface area contributed by atoms with Crippen LogP contribution in [0.25, 0.3) is 10.9 Å². The molecule has 0 saturated heterocycles. The molecule has 27 heavy (non-hydrogen) atoms. The second kappa shape index (κ2) is 8.33. The summed E-state index contributed by atoms with van der Waals surface area (Å²) in [6, 6.07) is 13.2. The summed E-state index contributed by atoms with van der Waals surface area (Å²) in [4.78, 5) is 19.8. The Balaban J connectivity index is 2.09. The van der Waals surface area contributed by atoms with Gasteiger partial charge in [-0.2, -0.15) is 0 Å². The number of amides is 1. The maximum Gasteiger partial charge on any atom is 0.410 e. The molecule has 0 radical (unpaired) electrons.